The summed E-state index contributed by atoms with van der Waals surface area (Å²) < 4.78 is 0. The van der Waals surface area contributed by atoms with Crippen molar-refractivity contribution < 1.29 is 14.7 Å². The summed E-state index contributed by atoms with van der Waals surface area (Å²) >= 11 is 0. The van der Waals surface area contributed by atoms with E-state index in [9.17, 15) is 9.59 Å². The molecule has 108 valence electrons. The number of rotatable bonds is 5. The van der Waals surface area contributed by atoms with Gasteiger partial charge < -0.3 is 15.7 Å². The second kappa shape index (κ2) is 6.93. The lowest BCUT2D eigenvalue weighted by molar-refractivity contribution is 0.0697. The fourth-order valence-electron chi connectivity index (χ4n) is 2.44. The van der Waals surface area contributed by atoms with Gasteiger partial charge in [0.1, 0.15) is 0 Å². The number of amides is 2. The summed E-state index contributed by atoms with van der Waals surface area (Å²) in [6.07, 6.45) is 5.23. The number of carboxylic acids is 1. The highest BCUT2D eigenvalue weighted by Gasteiger charge is 2.16. The number of carbonyl (C=O) groups excluding carboxylic acids is 1. The molecule has 1 aromatic carbocycles. The van der Waals surface area contributed by atoms with Gasteiger partial charge in [0.15, 0.2) is 0 Å². The second-order valence-electron chi connectivity index (χ2n) is 5.13. The SMILES string of the molecule is O=C(NCCc1ccc(C(=O)O)cc1)NC1CCCC1. The lowest BCUT2D eigenvalue weighted by Gasteiger charge is -2.12. The third kappa shape index (κ3) is 4.26. The van der Waals surface area contributed by atoms with Crippen LogP contribution in [-0.2, 0) is 6.42 Å². The molecule has 0 aliphatic heterocycles. The van der Waals surface area contributed by atoms with Crippen LogP contribution in [0.3, 0.4) is 0 Å². The number of benzene rings is 1. The Bertz CT molecular complexity index is 465. The first-order valence-corrected chi connectivity index (χ1v) is 7.02. The Labute approximate surface area is 118 Å². The molecule has 3 N–H and O–H groups in total. The van der Waals surface area contributed by atoms with E-state index in [1.807, 2.05) is 0 Å². The topological polar surface area (TPSA) is 78.4 Å². The van der Waals surface area contributed by atoms with Crippen LogP contribution in [0.5, 0.6) is 0 Å². The van der Waals surface area contributed by atoms with E-state index < -0.39 is 5.97 Å². The van der Waals surface area contributed by atoms with Gasteiger partial charge in [0, 0.05) is 12.6 Å². The van der Waals surface area contributed by atoms with Gasteiger partial charge in [-0.25, -0.2) is 9.59 Å². The van der Waals surface area contributed by atoms with Gasteiger partial charge >= 0.3 is 12.0 Å². The first-order valence-electron chi connectivity index (χ1n) is 7.02. The average molecular weight is 276 g/mol. The summed E-state index contributed by atoms with van der Waals surface area (Å²) in [5.41, 5.74) is 1.29. The van der Waals surface area contributed by atoms with Crippen molar-refractivity contribution in [2.75, 3.05) is 6.54 Å². The Kier molecular flexibility index (Phi) is 4.98. The van der Waals surface area contributed by atoms with Crippen molar-refractivity contribution in [1.82, 2.24) is 10.6 Å². The van der Waals surface area contributed by atoms with Gasteiger partial charge in [0.2, 0.25) is 0 Å². The number of hydrogen-bond donors (Lipinski definition) is 3. The zero-order valence-corrected chi connectivity index (χ0v) is 11.4. The predicted molar refractivity (Wildman–Crippen MR) is 75.9 cm³/mol. The molecular weight excluding hydrogens is 256 g/mol. The molecule has 0 radical (unpaired) electrons. The summed E-state index contributed by atoms with van der Waals surface area (Å²) in [5.74, 6) is -0.925. The molecule has 1 aliphatic rings. The lowest BCUT2D eigenvalue weighted by Crippen LogP contribution is -2.41. The first kappa shape index (κ1) is 14.4. The monoisotopic (exact) mass is 276 g/mol. The molecule has 1 fully saturated rings. The molecule has 2 amide bonds. The molecule has 0 saturated heterocycles. The Morgan fingerprint density at radius 2 is 1.80 bits per heavy atom. The van der Waals surface area contributed by atoms with Crippen molar-refractivity contribution in [2.24, 2.45) is 0 Å². The second-order valence-corrected chi connectivity index (χ2v) is 5.13. The Morgan fingerprint density at radius 1 is 1.15 bits per heavy atom. The smallest absolute Gasteiger partial charge is 0.335 e. The van der Waals surface area contributed by atoms with Crippen molar-refractivity contribution in [2.45, 2.75) is 38.1 Å². The van der Waals surface area contributed by atoms with Gasteiger partial charge in [0.05, 0.1) is 5.56 Å². The summed E-state index contributed by atoms with van der Waals surface area (Å²) in [5, 5.41) is 14.6. The lowest BCUT2D eigenvalue weighted by atomic mass is 10.1. The molecule has 0 atom stereocenters. The van der Waals surface area contributed by atoms with Crippen LogP contribution in [0.1, 0.15) is 41.6 Å². The maximum Gasteiger partial charge on any atom is 0.335 e. The molecule has 1 saturated carbocycles. The van der Waals surface area contributed by atoms with Crippen LogP contribution in [0.15, 0.2) is 24.3 Å². The Hall–Kier alpha value is -2.04. The molecule has 5 heteroatoms. The van der Waals surface area contributed by atoms with Crippen molar-refractivity contribution in [1.29, 1.82) is 0 Å². The van der Waals surface area contributed by atoms with Crippen LogP contribution >= 0.6 is 0 Å². The van der Waals surface area contributed by atoms with Crippen LogP contribution in [0, 0.1) is 0 Å². The van der Waals surface area contributed by atoms with Crippen LogP contribution in [0.25, 0.3) is 0 Å². The number of urea groups is 1. The minimum absolute atomic E-state index is 0.112. The van der Waals surface area contributed by atoms with Crippen molar-refractivity contribution in [3.05, 3.63) is 35.4 Å². The normalized spacial score (nSPS) is 15.0. The molecule has 20 heavy (non-hydrogen) atoms. The van der Waals surface area contributed by atoms with Gasteiger partial charge in [-0.3, -0.25) is 0 Å². The summed E-state index contributed by atoms with van der Waals surface area (Å²) in [7, 11) is 0. The number of hydrogen-bond acceptors (Lipinski definition) is 2. The number of nitrogens with one attached hydrogen (secondary N) is 2. The Balaban J connectivity index is 1.69. The standard InChI is InChI=1S/C15H20N2O3/c18-14(19)12-7-5-11(6-8-12)9-10-16-15(20)17-13-3-1-2-4-13/h5-8,13H,1-4,9-10H2,(H,18,19)(H2,16,17,20). The zero-order valence-electron chi connectivity index (χ0n) is 11.4. The maximum absolute atomic E-state index is 11.6. The van der Waals surface area contributed by atoms with E-state index in [4.69, 9.17) is 5.11 Å². The zero-order chi connectivity index (χ0) is 14.4. The molecule has 0 aromatic heterocycles. The van der Waals surface area contributed by atoms with E-state index in [1.54, 1.807) is 24.3 Å². The quantitative estimate of drug-likeness (QED) is 0.771. The van der Waals surface area contributed by atoms with Crippen LogP contribution in [0.2, 0.25) is 0 Å². The van der Waals surface area contributed by atoms with E-state index in [-0.39, 0.29) is 11.6 Å². The molecule has 0 spiro atoms. The molecule has 1 aliphatic carbocycles. The van der Waals surface area contributed by atoms with Crippen LogP contribution < -0.4 is 10.6 Å². The molecule has 2 rings (SSSR count). The molecule has 0 bridgehead atoms. The van der Waals surface area contributed by atoms with Gasteiger partial charge in [-0.15, -0.1) is 0 Å². The van der Waals surface area contributed by atoms with E-state index in [0.29, 0.717) is 19.0 Å². The third-order valence-corrected chi connectivity index (χ3v) is 3.59. The largest absolute Gasteiger partial charge is 0.478 e. The molecule has 0 heterocycles. The van der Waals surface area contributed by atoms with Crippen LogP contribution in [-0.4, -0.2) is 29.7 Å². The minimum Gasteiger partial charge on any atom is -0.478 e. The highest BCUT2D eigenvalue weighted by Crippen LogP contribution is 2.17. The molecule has 1 aromatic rings. The Morgan fingerprint density at radius 3 is 2.40 bits per heavy atom. The first-order chi connectivity index (χ1) is 9.65. The fourth-order valence-corrected chi connectivity index (χ4v) is 2.44. The van der Waals surface area contributed by atoms with Gasteiger partial charge in [0.25, 0.3) is 0 Å². The minimum atomic E-state index is -0.925. The summed E-state index contributed by atoms with van der Waals surface area (Å²) in [4.78, 5) is 22.3. The molecular formula is C15H20N2O3. The van der Waals surface area contributed by atoms with Crippen molar-refractivity contribution in [3.8, 4) is 0 Å². The van der Waals surface area contributed by atoms with Gasteiger partial charge in [-0.1, -0.05) is 25.0 Å². The third-order valence-electron chi connectivity index (χ3n) is 3.59. The number of aromatic carboxylic acids is 1. The summed E-state index contributed by atoms with van der Waals surface area (Å²) in [6.45, 7) is 0.547. The van der Waals surface area contributed by atoms with Gasteiger partial charge in [-0.2, -0.15) is 0 Å². The molecule has 5 nitrogen and oxygen atoms in total. The van der Waals surface area contributed by atoms with E-state index in [1.165, 1.54) is 12.8 Å². The summed E-state index contributed by atoms with van der Waals surface area (Å²) in [6, 6.07) is 6.93. The van der Waals surface area contributed by atoms with E-state index >= 15 is 0 Å². The highest BCUT2D eigenvalue weighted by molar-refractivity contribution is 5.87. The maximum atomic E-state index is 11.6. The van der Waals surface area contributed by atoms with Gasteiger partial charge in [-0.05, 0) is 37.0 Å². The van der Waals surface area contributed by atoms with Crippen molar-refractivity contribution >= 4 is 12.0 Å². The van der Waals surface area contributed by atoms with E-state index in [0.717, 1.165) is 18.4 Å². The number of carbonyl (C=O) groups is 2. The predicted octanol–water partition coefficient (Wildman–Crippen LogP) is 2.17. The molecule has 0 unspecified atom stereocenters. The average Bonchev–Trinajstić information content (AvgIpc) is 2.92. The van der Waals surface area contributed by atoms with Crippen LogP contribution in [0.4, 0.5) is 4.79 Å². The van der Waals surface area contributed by atoms with E-state index in [2.05, 4.69) is 10.6 Å². The fraction of sp³-hybridized carbons (Fsp3) is 0.467. The van der Waals surface area contributed by atoms with Crippen molar-refractivity contribution in [3.63, 3.8) is 0 Å². The highest BCUT2D eigenvalue weighted by atomic mass is 16.4. The number of carboxylic acid groups (broad SMARTS) is 1.